The van der Waals surface area contributed by atoms with Crippen molar-refractivity contribution in [1.82, 2.24) is 5.32 Å². The van der Waals surface area contributed by atoms with E-state index in [9.17, 15) is 13.6 Å². The molecule has 0 bridgehead atoms. The third-order valence-corrected chi connectivity index (χ3v) is 1.73. The fourth-order valence-corrected chi connectivity index (χ4v) is 1.01. The molecule has 0 aliphatic carbocycles. The number of methoxy groups -OCH3 is 1. The van der Waals surface area contributed by atoms with Crippen molar-refractivity contribution < 1.29 is 23.0 Å². The molecule has 1 amide bonds. The molecule has 0 aliphatic heterocycles. The molecule has 1 unspecified atom stereocenters. The summed E-state index contributed by atoms with van der Waals surface area (Å²) in [5, 5.41) is 2.60. The minimum atomic E-state index is -2.51. The number of amides is 1. The Morgan fingerprint density at radius 2 is 2.12 bits per heavy atom. The Morgan fingerprint density at radius 1 is 1.44 bits per heavy atom. The number of hydrogen-bond donors (Lipinski definition) is 2. The summed E-state index contributed by atoms with van der Waals surface area (Å²) in [5.74, 6) is -0.290. The number of nitrogens with one attached hydrogen (secondary N) is 1. The zero-order valence-electron chi connectivity index (χ0n) is 9.25. The van der Waals surface area contributed by atoms with Gasteiger partial charge in [0.1, 0.15) is 6.61 Å². The lowest BCUT2D eigenvalue weighted by Crippen LogP contribution is -2.43. The Balaban J connectivity index is 3.56. The van der Waals surface area contributed by atoms with Gasteiger partial charge in [-0.05, 0) is 0 Å². The molecule has 16 heavy (non-hydrogen) atoms. The first-order valence-corrected chi connectivity index (χ1v) is 4.94. The Labute approximate surface area is 93.3 Å². The summed E-state index contributed by atoms with van der Waals surface area (Å²) in [6.45, 7) is -0.0935. The molecular weight excluding hydrogens is 222 g/mol. The topological polar surface area (TPSA) is 73.6 Å². The zero-order chi connectivity index (χ0) is 12.4. The van der Waals surface area contributed by atoms with Crippen LogP contribution in [0.1, 0.15) is 6.42 Å². The van der Waals surface area contributed by atoms with Gasteiger partial charge in [-0.15, -0.1) is 0 Å². The van der Waals surface area contributed by atoms with Crippen LogP contribution in [0.5, 0.6) is 0 Å². The van der Waals surface area contributed by atoms with Crippen LogP contribution in [0.25, 0.3) is 0 Å². The second-order valence-corrected chi connectivity index (χ2v) is 3.17. The van der Waals surface area contributed by atoms with Crippen molar-refractivity contribution in [2.45, 2.75) is 18.9 Å². The van der Waals surface area contributed by atoms with E-state index in [0.717, 1.165) is 0 Å². The van der Waals surface area contributed by atoms with E-state index in [1.54, 1.807) is 0 Å². The standard InChI is InChI=1S/C9H18F2N2O3/c1-15-5-7(4-12)13-9(14)2-3-16-6-8(10)11/h7-8H,2-6,12H2,1H3,(H,13,14). The predicted octanol–water partition coefficient (Wildman–Crippen LogP) is -0.252. The van der Waals surface area contributed by atoms with E-state index in [-0.39, 0.29) is 31.5 Å². The molecule has 0 rings (SSSR count). The maximum atomic E-state index is 11.7. The molecule has 0 aromatic heterocycles. The number of carbonyl (C=O) groups is 1. The van der Waals surface area contributed by atoms with Crippen LogP contribution in [-0.4, -0.2) is 51.8 Å². The second kappa shape index (κ2) is 9.44. The van der Waals surface area contributed by atoms with Crippen LogP contribution in [0.2, 0.25) is 0 Å². The van der Waals surface area contributed by atoms with Gasteiger partial charge >= 0.3 is 0 Å². The number of nitrogens with two attached hydrogens (primary N) is 1. The van der Waals surface area contributed by atoms with Gasteiger partial charge < -0.3 is 20.5 Å². The van der Waals surface area contributed by atoms with E-state index in [1.165, 1.54) is 7.11 Å². The Kier molecular flexibility index (Phi) is 8.97. The van der Waals surface area contributed by atoms with Crippen LogP contribution in [-0.2, 0) is 14.3 Å². The second-order valence-electron chi connectivity index (χ2n) is 3.17. The van der Waals surface area contributed by atoms with E-state index in [2.05, 4.69) is 10.1 Å². The average Bonchev–Trinajstić information content (AvgIpc) is 2.23. The molecule has 0 spiro atoms. The minimum Gasteiger partial charge on any atom is -0.383 e. The molecule has 0 aromatic rings. The normalized spacial score (nSPS) is 12.8. The third-order valence-electron chi connectivity index (χ3n) is 1.73. The highest BCUT2D eigenvalue weighted by Crippen LogP contribution is 1.94. The fraction of sp³-hybridized carbons (Fsp3) is 0.889. The number of hydrogen-bond acceptors (Lipinski definition) is 4. The Bertz CT molecular complexity index is 194. The maximum Gasteiger partial charge on any atom is 0.261 e. The van der Waals surface area contributed by atoms with Gasteiger partial charge in [0.25, 0.3) is 6.43 Å². The van der Waals surface area contributed by atoms with E-state index >= 15 is 0 Å². The number of halogens is 2. The van der Waals surface area contributed by atoms with Crippen molar-refractivity contribution in [3.05, 3.63) is 0 Å². The van der Waals surface area contributed by atoms with Crippen LogP contribution in [0, 0.1) is 0 Å². The lowest BCUT2D eigenvalue weighted by atomic mass is 10.3. The molecule has 0 saturated heterocycles. The highest BCUT2D eigenvalue weighted by molar-refractivity contribution is 5.76. The molecule has 0 radical (unpaired) electrons. The predicted molar refractivity (Wildman–Crippen MR) is 54.3 cm³/mol. The van der Waals surface area contributed by atoms with Crippen LogP contribution < -0.4 is 11.1 Å². The third kappa shape index (κ3) is 8.51. The summed E-state index contributed by atoms with van der Waals surface area (Å²) in [5.41, 5.74) is 5.38. The SMILES string of the molecule is COCC(CN)NC(=O)CCOCC(F)F. The zero-order valence-corrected chi connectivity index (χ0v) is 9.25. The van der Waals surface area contributed by atoms with Crippen LogP contribution >= 0.6 is 0 Å². The highest BCUT2D eigenvalue weighted by atomic mass is 19.3. The van der Waals surface area contributed by atoms with Crippen molar-refractivity contribution in [2.75, 3.05) is 33.5 Å². The lowest BCUT2D eigenvalue weighted by Gasteiger charge is -2.15. The maximum absolute atomic E-state index is 11.7. The molecule has 0 saturated carbocycles. The van der Waals surface area contributed by atoms with Gasteiger partial charge in [-0.2, -0.15) is 0 Å². The van der Waals surface area contributed by atoms with E-state index < -0.39 is 13.0 Å². The number of alkyl halides is 2. The van der Waals surface area contributed by atoms with Crippen LogP contribution in [0.15, 0.2) is 0 Å². The molecule has 0 heterocycles. The largest absolute Gasteiger partial charge is 0.383 e. The number of carbonyl (C=O) groups excluding carboxylic acids is 1. The molecule has 3 N–H and O–H groups in total. The fourth-order valence-electron chi connectivity index (χ4n) is 1.01. The van der Waals surface area contributed by atoms with Crippen molar-refractivity contribution in [3.8, 4) is 0 Å². The van der Waals surface area contributed by atoms with E-state index in [4.69, 9.17) is 10.5 Å². The summed E-state index contributed by atoms with van der Waals surface area (Å²) >= 11 is 0. The molecule has 1 atom stereocenters. The first-order chi connectivity index (χ1) is 7.60. The van der Waals surface area contributed by atoms with E-state index in [0.29, 0.717) is 6.61 Å². The molecule has 7 heteroatoms. The first-order valence-electron chi connectivity index (χ1n) is 4.94. The van der Waals surface area contributed by atoms with Gasteiger partial charge in [0.15, 0.2) is 0 Å². The Hall–Kier alpha value is -0.790. The quantitative estimate of drug-likeness (QED) is 0.545. The van der Waals surface area contributed by atoms with E-state index in [1.807, 2.05) is 0 Å². The minimum absolute atomic E-state index is 0.0273. The van der Waals surface area contributed by atoms with Crippen LogP contribution in [0.3, 0.4) is 0 Å². The lowest BCUT2D eigenvalue weighted by molar-refractivity contribution is -0.123. The first kappa shape index (κ1) is 15.2. The molecule has 0 aliphatic rings. The molecule has 96 valence electrons. The summed E-state index contributed by atoms with van der Waals surface area (Å²) in [6, 6.07) is -0.257. The van der Waals surface area contributed by atoms with Gasteiger partial charge in [-0.1, -0.05) is 0 Å². The summed E-state index contributed by atoms with van der Waals surface area (Å²) < 4.78 is 32.7. The number of rotatable bonds is 9. The smallest absolute Gasteiger partial charge is 0.261 e. The average molecular weight is 240 g/mol. The monoisotopic (exact) mass is 240 g/mol. The molecule has 5 nitrogen and oxygen atoms in total. The molecular formula is C9H18F2N2O3. The van der Waals surface area contributed by atoms with Crippen LogP contribution in [0.4, 0.5) is 8.78 Å². The summed E-state index contributed by atoms with van der Waals surface area (Å²) in [4.78, 5) is 11.2. The van der Waals surface area contributed by atoms with Crippen molar-refractivity contribution in [1.29, 1.82) is 0 Å². The summed E-state index contributed by atoms with van der Waals surface area (Å²) in [7, 11) is 1.50. The van der Waals surface area contributed by atoms with Crippen molar-refractivity contribution >= 4 is 5.91 Å². The molecule has 0 fully saturated rings. The van der Waals surface area contributed by atoms with Gasteiger partial charge in [-0.25, -0.2) is 8.78 Å². The van der Waals surface area contributed by atoms with Gasteiger partial charge in [0.05, 0.1) is 19.3 Å². The van der Waals surface area contributed by atoms with Gasteiger partial charge in [0.2, 0.25) is 5.91 Å². The summed E-state index contributed by atoms with van der Waals surface area (Å²) in [6.07, 6.45) is -2.47. The van der Waals surface area contributed by atoms with Gasteiger partial charge in [-0.3, -0.25) is 4.79 Å². The van der Waals surface area contributed by atoms with Crippen molar-refractivity contribution in [2.24, 2.45) is 5.73 Å². The Morgan fingerprint density at radius 3 is 2.62 bits per heavy atom. The molecule has 0 aromatic carbocycles. The number of ether oxygens (including phenoxy) is 2. The highest BCUT2D eigenvalue weighted by Gasteiger charge is 2.10. The van der Waals surface area contributed by atoms with Gasteiger partial charge in [0, 0.05) is 20.1 Å². The van der Waals surface area contributed by atoms with Crippen molar-refractivity contribution in [3.63, 3.8) is 0 Å².